The molecule has 0 aliphatic heterocycles. The molecule has 18 heavy (non-hydrogen) atoms. The molecule has 1 rings (SSSR count). The van der Waals surface area contributed by atoms with Crippen LogP contribution in [0.4, 0.5) is 4.39 Å². The van der Waals surface area contributed by atoms with Crippen LogP contribution in [0.2, 0.25) is 0 Å². The van der Waals surface area contributed by atoms with Crippen LogP contribution < -0.4 is 0 Å². The van der Waals surface area contributed by atoms with Crippen molar-refractivity contribution >= 4 is 5.78 Å². The van der Waals surface area contributed by atoms with Gasteiger partial charge in [0.25, 0.3) is 0 Å². The molecule has 0 bridgehead atoms. The number of likely N-dealkylation sites (N-methyl/N-ethyl adjacent to an activating group) is 1. The first-order valence-electron chi connectivity index (χ1n) is 5.99. The summed E-state index contributed by atoms with van der Waals surface area (Å²) >= 11 is 0. The number of hydrogen-bond donors (Lipinski definition) is 0. The summed E-state index contributed by atoms with van der Waals surface area (Å²) in [7, 11) is 3.49. The van der Waals surface area contributed by atoms with Gasteiger partial charge in [0.2, 0.25) is 0 Å². The van der Waals surface area contributed by atoms with E-state index in [4.69, 9.17) is 4.74 Å². The van der Waals surface area contributed by atoms with Crippen LogP contribution in [-0.2, 0) is 16.0 Å². The average Bonchev–Trinajstić information content (AvgIpc) is 2.32. The number of ketones is 1. The second kappa shape index (κ2) is 7.24. The van der Waals surface area contributed by atoms with Crippen molar-refractivity contribution < 1.29 is 13.9 Å². The van der Waals surface area contributed by atoms with Gasteiger partial charge >= 0.3 is 0 Å². The van der Waals surface area contributed by atoms with Gasteiger partial charge in [0.05, 0.1) is 13.2 Å². The van der Waals surface area contributed by atoms with E-state index in [9.17, 15) is 9.18 Å². The quantitative estimate of drug-likeness (QED) is 0.743. The monoisotopic (exact) mass is 253 g/mol. The lowest BCUT2D eigenvalue weighted by atomic mass is 10.1. The molecule has 100 valence electrons. The third kappa shape index (κ3) is 4.55. The number of Topliss-reactive ketones (excluding diaryl/α,β-unsaturated/α-hetero) is 1. The number of carbonyl (C=O) groups excluding carboxylic acids is 1. The Balaban J connectivity index is 2.49. The molecule has 0 spiro atoms. The van der Waals surface area contributed by atoms with E-state index < -0.39 is 0 Å². The number of halogens is 1. The van der Waals surface area contributed by atoms with Crippen molar-refractivity contribution in [1.82, 2.24) is 4.90 Å². The van der Waals surface area contributed by atoms with Crippen molar-refractivity contribution in [2.75, 3.05) is 27.3 Å². The molecular formula is C14H20FNO2. The summed E-state index contributed by atoms with van der Waals surface area (Å²) in [6.45, 7) is 2.86. The molecule has 0 fully saturated rings. The lowest BCUT2D eigenvalue weighted by Gasteiger charge is -2.23. The van der Waals surface area contributed by atoms with Crippen LogP contribution in [0.5, 0.6) is 0 Å². The number of nitrogens with zero attached hydrogens (tertiary/aromatic N) is 1. The molecule has 1 atom stereocenters. The van der Waals surface area contributed by atoms with Crippen molar-refractivity contribution in [2.24, 2.45) is 0 Å². The molecule has 0 aliphatic rings. The molecule has 0 saturated carbocycles. The van der Waals surface area contributed by atoms with Gasteiger partial charge in [-0.2, -0.15) is 0 Å². The van der Waals surface area contributed by atoms with E-state index in [2.05, 4.69) is 0 Å². The number of hydrogen-bond acceptors (Lipinski definition) is 3. The molecule has 0 aliphatic carbocycles. The number of carbonyl (C=O) groups is 1. The summed E-state index contributed by atoms with van der Waals surface area (Å²) in [4.78, 5) is 13.7. The first kappa shape index (κ1) is 14.8. The Morgan fingerprint density at radius 1 is 1.44 bits per heavy atom. The van der Waals surface area contributed by atoms with E-state index in [1.807, 2.05) is 18.9 Å². The average molecular weight is 253 g/mol. The minimum atomic E-state index is -0.321. The maximum Gasteiger partial charge on any atom is 0.151 e. The Morgan fingerprint density at radius 3 is 2.72 bits per heavy atom. The van der Waals surface area contributed by atoms with E-state index in [0.29, 0.717) is 18.7 Å². The van der Waals surface area contributed by atoms with E-state index in [1.54, 1.807) is 25.3 Å². The Labute approximate surface area is 108 Å². The molecule has 0 aromatic heterocycles. The summed E-state index contributed by atoms with van der Waals surface area (Å²) in [5.41, 5.74) is 0.454. The fourth-order valence-corrected chi connectivity index (χ4v) is 1.71. The summed E-state index contributed by atoms with van der Waals surface area (Å²) in [6, 6.07) is 6.55. The Kier molecular flexibility index (Phi) is 5.95. The molecule has 0 N–H and O–H groups in total. The number of rotatable bonds is 7. The molecule has 0 radical (unpaired) electrons. The van der Waals surface area contributed by atoms with Crippen LogP contribution in [0.1, 0.15) is 12.5 Å². The lowest BCUT2D eigenvalue weighted by Crippen LogP contribution is -2.37. The second-order valence-corrected chi connectivity index (χ2v) is 4.53. The van der Waals surface area contributed by atoms with Crippen LogP contribution in [0, 0.1) is 5.82 Å². The summed E-state index contributed by atoms with van der Waals surface area (Å²) in [5.74, 6) is -0.316. The number of benzene rings is 1. The highest BCUT2D eigenvalue weighted by Gasteiger charge is 2.14. The van der Waals surface area contributed by atoms with Gasteiger partial charge in [0.15, 0.2) is 5.78 Å². The van der Waals surface area contributed by atoms with Crippen LogP contribution in [0.15, 0.2) is 24.3 Å². The highest BCUT2D eigenvalue weighted by Crippen LogP contribution is 2.08. The first-order chi connectivity index (χ1) is 8.54. The highest BCUT2D eigenvalue weighted by molar-refractivity contribution is 5.82. The number of methoxy groups -OCH3 is 1. The van der Waals surface area contributed by atoms with Crippen LogP contribution in [0.25, 0.3) is 0 Å². The smallest absolute Gasteiger partial charge is 0.151 e. The third-order valence-corrected chi connectivity index (χ3v) is 2.93. The van der Waals surface area contributed by atoms with Crippen LogP contribution in [0.3, 0.4) is 0 Å². The third-order valence-electron chi connectivity index (χ3n) is 2.93. The van der Waals surface area contributed by atoms with Crippen molar-refractivity contribution in [3.8, 4) is 0 Å². The van der Waals surface area contributed by atoms with Gasteiger partial charge in [-0.15, -0.1) is 0 Å². The maximum absolute atomic E-state index is 13.4. The molecular weight excluding hydrogens is 233 g/mol. The van der Waals surface area contributed by atoms with Crippen LogP contribution >= 0.6 is 0 Å². The highest BCUT2D eigenvalue weighted by atomic mass is 19.1. The van der Waals surface area contributed by atoms with Gasteiger partial charge in [-0.1, -0.05) is 18.2 Å². The molecule has 1 unspecified atom stereocenters. The van der Waals surface area contributed by atoms with Crippen molar-refractivity contribution in [2.45, 2.75) is 19.4 Å². The zero-order valence-corrected chi connectivity index (χ0v) is 11.1. The lowest BCUT2D eigenvalue weighted by molar-refractivity contribution is -0.119. The van der Waals surface area contributed by atoms with E-state index in [0.717, 1.165) is 0 Å². The predicted molar refractivity (Wildman–Crippen MR) is 69.1 cm³/mol. The fraction of sp³-hybridized carbons (Fsp3) is 0.500. The van der Waals surface area contributed by atoms with E-state index in [1.165, 1.54) is 6.07 Å². The molecule has 3 nitrogen and oxygen atoms in total. The molecule has 0 saturated heterocycles. The maximum atomic E-state index is 13.4. The molecule has 0 amide bonds. The zero-order valence-electron chi connectivity index (χ0n) is 11.1. The van der Waals surface area contributed by atoms with Gasteiger partial charge in [-0.25, -0.2) is 4.39 Å². The Hall–Kier alpha value is -1.26. The van der Waals surface area contributed by atoms with Crippen LogP contribution in [-0.4, -0.2) is 44.0 Å². The summed E-state index contributed by atoms with van der Waals surface area (Å²) < 4.78 is 18.4. The molecule has 4 heteroatoms. The van der Waals surface area contributed by atoms with Gasteiger partial charge in [-0.05, 0) is 25.6 Å². The zero-order chi connectivity index (χ0) is 13.5. The topological polar surface area (TPSA) is 29.5 Å². The van der Waals surface area contributed by atoms with Gasteiger partial charge in [0.1, 0.15) is 5.82 Å². The van der Waals surface area contributed by atoms with Gasteiger partial charge in [-0.3, -0.25) is 9.69 Å². The summed E-state index contributed by atoms with van der Waals surface area (Å²) in [6.07, 6.45) is 0.136. The van der Waals surface area contributed by atoms with Crippen molar-refractivity contribution in [3.05, 3.63) is 35.6 Å². The van der Waals surface area contributed by atoms with Crippen molar-refractivity contribution in [3.63, 3.8) is 0 Å². The minimum absolute atomic E-state index is 0.00514. The SMILES string of the molecule is COCC(C)N(C)CC(=O)Cc1ccccc1F. The van der Waals surface area contributed by atoms with Crippen molar-refractivity contribution in [1.29, 1.82) is 0 Å². The van der Waals surface area contributed by atoms with Gasteiger partial charge in [0, 0.05) is 19.6 Å². The molecule has 0 heterocycles. The first-order valence-corrected chi connectivity index (χ1v) is 5.99. The second-order valence-electron chi connectivity index (χ2n) is 4.53. The standard InChI is InChI=1S/C14H20FNO2/c1-11(10-18-3)16(2)9-13(17)8-12-6-4-5-7-14(12)15/h4-7,11H,8-10H2,1-3H3. The largest absolute Gasteiger partial charge is 0.383 e. The Morgan fingerprint density at radius 2 is 2.11 bits per heavy atom. The number of ether oxygens (including phenoxy) is 1. The molecule has 1 aromatic rings. The fourth-order valence-electron chi connectivity index (χ4n) is 1.71. The van der Waals surface area contributed by atoms with E-state index >= 15 is 0 Å². The van der Waals surface area contributed by atoms with Gasteiger partial charge < -0.3 is 4.74 Å². The normalized spacial score (nSPS) is 12.7. The Bertz CT molecular complexity index is 395. The minimum Gasteiger partial charge on any atom is -0.383 e. The summed E-state index contributed by atoms with van der Waals surface area (Å²) in [5, 5.41) is 0. The molecule has 1 aromatic carbocycles. The van der Waals surface area contributed by atoms with E-state index in [-0.39, 0.29) is 24.1 Å². The predicted octanol–water partition coefficient (Wildman–Crippen LogP) is 1.90.